The third-order valence-corrected chi connectivity index (χ3v) is 5.76. The molecule has 0 aliphatic rings. The number of thioether (sulfide) groups is 1. The minimum absolute atomic E-state index is 0.556. The molecule has 0 saturated heterocycles. The molecule has 3 aromatic rings. The van der Waals surface area contributed by atoms with Crippen molar-refractivity contribution >= 4 is 46.6 Å². The van der Waals surface area contributed by atoms with E-state index >= 15 is 0 Å². The van der Waals surface area contributed by atoms with Crippen LogP contribution in [0.4, 0.5) is 0 Å². The predicted molar refractivity (Wildman–Crippen MR) is 111 cm³/mol. The molecule has 0 bridgehead atoms. The Kier molecular flexibility index (Phi) is 6.65. The molecule has 1 aromatic heterocycles. The quantitative estimate of drug-likeness (QED) is 0.329. The maximum absolute atomic E-state index is 6.09. The molecule has 3 nitrogen and oxygen atoms in total. The number of hydrogen-bond acceptors (Lipinski definition) is 3. The van der Waals surface area contributed by atoms with Crippen LogP contribution in [0.1, 0.15) is 17.0 Å². The van der Waals surface area contributed by atoms with Gasteiger partial charge in [0.15, 0.2) is 5.16 Å². The molecule has 0 saturated carbocycles. The van der Waals surface area contributed by atoms with Crippen molar-refractivity contribution in [1.29, 1.82) is 0 Å². The van der Waals surface area contributed by atoms with Crippen molar-refractivity contribution in [3.63, 3.8) is 0 Å². The minimum Gasteiger partial charge on any atom is -0.302 e. The second kappa shape index (κ2) is 8.96. The molecule has 0 atom stereocenters. The van der Waals surface area contributed by atoms with Gasteiger partial charge in [-0.1, -0.05) is 70.8 Å². The molecule has 0 amide bonds. The smallest absolute Gasteiger partial charge is 0.191 e. The van der Waals surface area contributed by atoms with Crippen LogP contribution < -0.4 is 0 Å². The number of allylic oxidation sites excluding steroid dienone is 1. The summed E-state index contributed by atoms with van der Waals surface area (Å²) < 4.78 is 2.07. The molecule has 0 aliphatic heterocycles. The highest BCUT2D eigenvalue weighted by Gasteiger charge is 2.13. The van der Waals surface area contributed by atoms with Crippen molar-refractivity contribution in [3.05, 3.63) is 87.1 Å². The molecule has 134 valence electrons. The summed E-state index contributed by atoms with van der Waals surface area (Å²) in [6, 6.07) is 13.4. The molecule has 0 spiro atoms. The first-order valence-corrected chi connectivity index (χ1v) is 10.0. The van der Waals surface area contributed by atoms with Crippen molar-refractivity contribution in [2.24, 2.45) is 0 Å². The van der Waals surface area contributed by atoms with Gasteiger partial charge >= 0.3 is 0 Å². The van der Waals surface area contributed by atoms with Gasteiger partial charge in [0.1, 0.15) is 5.82 Å². The fourth-order valence-electron chi connectivity index (χ4n) is 2.43. The van der Waals surface area contributed by atoms with Gasteiger partial charge in [-0.2, -0.15) is 0 Å². The van der Waals surface area contributed by atoms with E-state index in [1.807, 2.05) is 42.5 Å². The van der Waals surface area contributed by atoms with Crippen LogP contribution in [0.3, 0.4) is 0 Å². The van der Waals surface area contributed by atoms with Crippen LogP contribution in [0.25, 0.3) is 0 Å². The number of halogens is 3. The van der Waals surface area contributed by atoms with E-state index in [9.17, 15) is 0 Å². The molecule has 2 aromatic carbocycles. The first-order valence-electron chi connectivity index (χ1n) is 7.91. The lowest BCUT2D eigenvalue weighted by atomic mass is 10.1. The van der Waals surface area contributed by atoms with E-state index in [4.69, 9.17) is 34.8 Å². The van der Waals surface area contributed by atoms with Crippen LogP contribution in [0.15, 0.2) is 60.3 Å². The van der Waals surface area contributed by atoms with Crippen molar-refractivity contribution < 1.29 is 0 Å². The zero-order chi connectivity index (χ0) is 18.5. The average molecular weight is 425 g/mol. The Morgan fingerprint density at radius 3 is 2.38 bits per heavy atom. The lowest BCUT2D eigenvalue weighted by Crippen LogP contribution is -2.04. The summed E-state index contributed by atoms with van der Waals surface area (Å²) in [5.41, 5.74) is 2.21. The van der Waals surface area contributed by atoms with Crippen LogP contribution in [0.5, 0.6) is 0 Å². The van der Waals surface area contributed by atoms with Crippen molar-refractivity contribution in [2.45, 2.75) is 23.9 Å². The third-order valence-electron chi connectivity index (χ3n) is 3.73. The number of aromatic nitrogens is 3. The molecular weight excluding hydrogens is 409 g/mol. The largest absolute Gasteiger partial charge is 0.302 e. The second-order valence-electron chi connectivity index (χ2n) is 5.64. The first kappa shape index (κ1) is 19.3. The number of benzene rings is 2. The van der Waals surface area contributed by atoms with E-state index in [0.717, 1.165) is 32.9 Å². The standard InChI is InChI=1S/C19H16Cl3N3S/c1-2-9-25-18(11-13-3-6-15(20)7-4-13)23-24-19(25)26-12-14-5-8-16(21)17(22)10-14/h2-8,10H,1,9,11-12H2. The molecule has 0 fully saturated rings. The number of hydrogen-bond donors (Lipinski definition) is 0. The summed E-state index contributed by atoms with van der Waals surface area (Å²) in [4.78, 5) is 0. The van der Waals surface area contributed by atoms with Crippen LogP contribution >= 0.6 is 46.6 Å². The van der Waals surface area contributed by atoms with Gasteiger partial charge in [0.25, 0.3) is 0 Å². The molecule has 1 heterocycles. The highest BCUT2D eigenvalue weighted by molar-refractivity contribution is 7.98. The van der Waals surface area contributed by atoms with E-state index in [1.54, 1.807) is 17.8 Å². The van der Waals surface area contributed by atoms with Gasteiger partial charge in [0.2, 0.25) is 0 Å². The summed E-state index contributed by atoms with van der Waals surface area (Å²) in [5, 5.41) is 11.4. The Bertz CT molecular complexity index is 907. The van der Waals surface area contributed by atoms with E-state index < -0.39 is 0 Å². The molecule has 3 rings (SSSR count). The molecular formula is C19H16Cl3N3S. The van der Waals surface area contributed by atoms with Gasteiger partial charge in [-0.3, -0.25) is 0 Å². The summed E-state index contributed by atoms with van der Waals surface area (Å²) in [6.45, 7) is 4.49. The monoisotopic (exact) mass is 423 g/mol. The number of rotatable bonds is 7. The van der Waals surface area contributed by atoms with E-state index in [2.05, 4.69) is 21.3 Å². The Labute approximate surface area is 172 Å². The van der Waals surface area contributed by atoms with Crippen LogP contribution in [-0.2, 0) is 18.7 Å². The summed E-state index contributed by atoms with van der Waals surface area (Å²) >= 11 is 19.6. The fourth-order valence-corrected chi connectivity index (χ4v) is 3.79. The summed E-state index contributed by atoms with van der Waals surface area (Å²) in [5.74, 6) is 1.62. The topological polar surface area (TPSA) is 30.7 Å². The third kappa shape index (κ3) is 4.83. The zero-order valence-corrected chi connectivity index (χ0v) is 16.9. The Balaban J connectivity index is 1.76. The second-order valence-corrected chi connectivity index (χ2v) is 7.83. The molecule has 0 N–H and O–H groups in total. The fraction of sp³-hybridized carbons (Fsp3) is 0.158. The molecule has 0 aliphatic carbocycles. The van der Waals surface area contributed by atoms with E-state index in [-0.39, 0.29) is 0 Å². The normalized spacial score (nSPS) is 10.9. The maximum atomic E-state index is 6.09. The van der Waals surface area contributed by atoms with Crippen molar-refractivity contribution in [2.75, 3.05) is 0 Å². The van der Waals surface area contributed by atoms with Gasteiger partial charge < -0.3 is 4.57 Å². The summed E-state index contributed by atoms with van der Waals surface area (Å²) in [7, 11) is 0. The Morgan fingerprint density at radius 1 is 0.962 bits per heavy atom. The molecule has 7 heteroatoms. The van der Waals surface area contributed by atoms with Crippen LogP contribution in [0.2, 0.25) is 15.1 Å². The van der Waals surface area contributed by atoms with Crippen LogP contribution in [0, 0.1) is 0 Å². The SMILES string of the molecule is C=CCn1c(Cc2ccc(Cl)cc2)nnc1SCc1ccc(Cl)c(Cl)c1. The van der Waals surface area contributed by atoms with Crippen molar-refractivity contribution in [1.82, 2.24) is 14.8 Å². The average Bonchev–Trinajstić information content (AvgIpc) is 3.00. The van der Waals surface area contributed by atoms with Crippen LogP contribution in [-0.4, -0.2) is 14.8 Å². The predicted octanol–water partition coefficient (Wildman–Crippen LogP) is 6.31. The van der Waals surface area contributed by atoms with Crippen molar-refractivity contribution in [3.8, 4) is 0 Å². The maximum Gasteiger partial charge on any atom is 0.191 e. The molecule has 0 unspecified atom stereocenters. The van der Waals surface area contributed by atoms with Gasteiger partial charge in [-0.15, -0.1) is 16.8 Å². The Morgan fingerprint density at radius 2 is 1.69 bits per heavy atom. The van der Waals surface area contributed by atoms with Gasteiger partial charge in [-0.05, 0) is 35.4 Å². The number of nitrogens with zero attached hydrogens (tertiary/aromatic N) is 3. The van der Waals surface area contributed by atoms with Gasteiger partial charge in [0.05, 0.1) is 10.0 Å². The minimum atomic E-state index is 0.556. The van der Waals surface area contributed by atoms with Gasteiger partial charge in [-0.25, -0.2) is 0 Å². The van der Waals surface area contributed by atoms with E-state index in [0.29, 0.717) is 23.0 Å². The molecule has 0 radical (unpaired) electrons. The lowest BCUT2D eigenvalue weighted by molar-refractivity contribution is 0.690. The first-order chi connectivity index (χ1) is 12.6. The van der Waals surface area contributed by atoms with E-state index in [1.165, 1.54) is 0 Å². The van der Waals surface area contributed by atoms with Gasteiger partial charge in [0, 0.05) is 23.7 Å². The molecule has 26 heavy (non-hydrogen) atoms. The lowest BCUT2D eigenvalue weighted by Gasteiger charge is -2.08. The highest BCUT2D eigenvalue weighted by Crippen LogP contribution is 2.27. The Hall–Kier alpha value is -1.46. The highest BCUT2D eigenvalue weighted by atomic mass is 35.5. The summed E-state index contributed by atoms with van der Waals surface area (Å²) in [6.07, 6.45) is 2.53. The zero-order valence-electron chi connectivity index (χ0n) is 13.8.